The van der Waals surface area contributed by atoms with E-state index in [0.29, 0.717) is 17.0 Å². The van der Waals surface area contributed by atoms with E-state index in [0.717, 1.165) is 50.1 Å². The second-order valence-electron chi connectivity index (χ2n) is 9.30. The van der Waals surface area contributed by atoms with Crippen LogP contribution in [0.15, 0.2) is 30.7 Å². The number of hydrogen-bond acceptors (Lipinski definition) is 8. The second kappa shape index (κ2) is 10.6. The van der Waals surface area contributed by atoms with E-state index in [2.05, 4.69) is 25.3 Å². The molecule has 1 aliphatic heterocycles. The highest BCUT2D eigenvalue weighted by Gasteiger charge is 2.26. The van der Waals surface area contributed by atoms with Crippen LogP contribution >= 0.6 is 0 Å². The zero-order valence-electron chi connectivity index (χ0n) is 20.2. The van der Waals surface area contributed by atoms with Crippen LogP contribution in [0.25, 0.3) is 16.8 Å². The standard InChI is InChI=1S/C25H33N7O3/c1-34-22-14-17(8-9-27-22)21-15-20(23-24(26)28-16-29-32(21)23)25(33)30-18-4-6-19(7-5-18)35-13-12-31-10-2-3-11-31/h8-9,14-16,18-19H,2-7,10-13H2,1H3,(H,30,33)(H2,26,28,29). The van der Waals surface area contributed by atoms with Crippen molar-refractivity contribution in [2.45, 2.75) is 50.7 Å². The second-order valence-corrected chi connectivity index (χ2v) is 9.30. The highest BCUT2D eigenvalue weighted by molar-refractivity contribution is 6.05. The van der Waals surface area contributed by atoms with Crippen LogP contribution in [0.5, 0.6) is 5.88 Å². The summed E-state index contributed by atoms with van der Waals surface area (Å²) < 4.78 is 13.0. The molecule has 0 spiro atoms. The van der Waals surface area contributed by atoms with Gasteiger partial charge in [0.05, 0.1) is 31.1 Å². The number of pyridine rings is 1. The molecule has 3 aromatic rings. The molecule has 10 heteroatoms. The molecule has 1 saturated carbocycles. The molecular weight excluding hydrogens is 446 g/mol. The number of fused-ring (bicyclic) bond motifs is 1. The van der Waals surface area contributed by atoms with Gasteiger partial charge in [-0.1, -0.05) is 0 Å². The van der Waals surface area contributed by atoms with Crippen LogP contribution < -0.4 is 15.8 Å². The van der Waals surface area contributed by atoms with Crippen LogP contribution in [0, 0.1) is 0 Å². The summed E-state index contributed by atoms with van der Waals surface area (Å²) in [5.74, 6) is 0.562. The molecule has 2 fully saturated rings. The van der Waals surface area contributed by atoms with Gasteiger partial charge in [0.15, 0.2) is 5.82 Å². The average Bonchev–Trinajstić information content (AvgIpc) is 3.54. The number of amides is 1. The number of likely N-dealkylation sites (tertiary alicyclic amines) is 1. The molecule has 4 heterocycles. The lowest BCUT2D eigenvalue weighted by Crippen LogP contribution is -2.39. The smallest absolute Gasteiger partial charge is 0.253 e. The summed E-state index contributed by atoms with van der Waals surface area (Å²) in [6, 6.07) is 5.55. The van der Waals surface area contributed by atoms with Crippen LogP contribution in [0.1, 0.15) is 48.9 Å². The number of nitrogen functional groups attached to an aromatic ring is 1. The van der Waals surface area contributed by atoms with Gasteiger partial charge in [0.1, 0.15) is 11.8 Å². The van der Waals surface area contributed by atoms with Gasteiger partial charge in [-0.3, -0.25) is 4.79 Å². The van der Waals surface area contributed by atoms with Crippen molar-refractivity contribution in [2.75, 3.05) is 39.1 Å². The van der Waals surface area contributed by atoms with Crippen molar-refractivity contribution in [2.24, 2.45) is 0 Å². The van der Waals surface area contributed by atoms with E-state index in [4.69, 9.17) is 15.2 Å². The summed E-state index contributed by atoms with van der Waals surface area (Å²) >= 11 is 0. The molecule has 1 amide bonds. The van der Waals surface area contributed by atoms with Gasteiger partial charge in [-0.25, -0.2) is 14.5 Å². The van der Waals surface area contributed by atoms with E-state index < -0.39 is 0 Å². The first-order chi connectivity index (χ1) is 17.1. The van der Waals surface area contributed by atoms with E-state index in [1.807, 2.05) is 6.07 Å². The van der Waals surface area contributed by atoms with Crippen LogP contribution in [-0.4, -0.2) is 75.9 Å². The Labute approximate surface area is 204 Å². The predicted octanol–water partition coefficient (Wildman–Crippen LogP) is 2.54. The van der Waals surface area contributed by atoms with Crippen molar-refractivity contribution in [1.29, 1.82) is 0 Å². The van der Waals surface area contributed by atoms with Gasteiger partial charge in [-0.2, -0.15) is 5.10 Å². The molecule has 0 radical (unpaired) electrons. The Morgan fingerprint density at radius 3 is 2.74 bits per heavy atom. The molecular formula is C25H33N7O3. The normalized spacial score (nSPS) is 20.8. The first kappa shape index (κ1) is 23.5. The summed E-state index contributed by atoms with van der Waals surface area (Å²) in [6.07, 6.45) is 9.62. The molecule has 5 rings (SSSR count). The molecule has 3 aromatic heterocycles. The summed E-state index contributed by atoms with van der Waals surface area (Å²) in [6.45, 7) is 4.21. The number of carbonyl (C=O) groups excluding carboxylic acids is 1. The molecule has 1 saturated heterocycles. The first-order valence-corrected chi connectivity index (χ1v) is 12.4. The minimum absolute atomic E-state index is 0.103. The summed E-state index contributed by atoms with van der Waals surface area (Å²) in [4.78, 5) is 24.1. The number of nitrogens with zero attached hydrogens (tertiary/aromatic N) is 5. The molecule has 0 bridgehead atoms. The molecule has 0 aromatic carbocycles. The third-order valence-electron chi connectivity index (χ3n) is 7.04. The Kier molecular flexibility index (Phi) is 7.10. The number of carbonyl (C=O) groups is 1. The predicted molar refractivity (Wildman–Crippen MR) is 132 cm³/mol. The van der Waals surface area contributed by atoms with E-state index in [1.54, 1.807) is 30.0 Å². The maximum Gasteiger partial charge on any atom is 0.253 e. The molecule has 2 aliphatic rings. The monoisotopic (exact) mass is 479 g/mol. The SMILES string of the molecule is COc1cc(-c2cc(C(=O)NC3CCC(OCCN4CCCC4)CC3)c3c(N)ncnn23)ccn1. The molecule has 1 aliphatic carbocycles. The number of aromatic nitrogens is 4. The van der Waals surface area contributed by atoms with Gasteiger partial charge in [0, 0.05) is 30.4 Å². The summed E-state index contributed by atoms with van der Waals surface area (Å²) in [5.41, 5.74) is 8.66. The third-order valence-corrected chi connectivity index (χ3v) is 7.04. The molecule has 0 unspecified atom stereocenters. The number of nitrogens with one attached hydrogen (secondary N) is 1. The van der Waals surface area contributed by atoms with E-state index in [9.17, 15) is 4.79 Å². The van der Waals surface area contributed by atoms with E-state index in [1.165, 1.54) is 32.3 Å². The average molecular weight is 480 g/mol. The van der Waals surface area contributed by atoms with Crippen LogP contribution in [-0.2, 0) is 4.74 Å². The first-order valence-electron chi connectivity index (χ1n) is 12.4. The number of nitrogens with two attached hydrogens (primary N) is 1. The minimum atomic E-state index is -0.172. The topological polar surface area (TPSA) is 120 Å². The Morgan fingerprint density at radius 1 is 1.17 bits per heavy atom. The maximum absolute atomic E-state index is 13.3. The van der Waals surface area contributed by atoms with Gasteiger partial charge < -0.3 is 25.4 Å². The zero-order valence-corrected chi connectivity index (χ0v) is 20.2. The molecule has 3 N–H and O–H groups in total. The third kappa shape index (κ3) is 5.23. The number of rotatable bonds is 8. The van der Waals surface area contributed by atoms with Crippen molar-refractivity contribution in [3.63, 3.8) is 0 Å². The highest BCUT2D eigenvalue weighted by atomic mass is 16.5. The Bertz CT molecular complexity index is 1170. The van der Waals surface area contributed by atoms with Crippen molar-refractivity contribution in [1.82, 2.24) is 29.8 Å². The number of anilines is 1. The fourth-order valence-electron chi connectivity index (χ4n) is 5.12. The minimum Gasteiger partial charge on any atom is -0.481 e. The van der Waals surface area contributed by atoms with Crippen molar-refractivity contribution in [3.05, 3.63) is 36.3 Å². The van der Waals surface area contributed by atoms with Gasteiger partial charge in [0.2, 0.25) is 5.88 Å². The fraction of sp³-hybridized carbons (Fsp3) is 0.520. The van der Waals surface area contributed by atoms with Crippen molar-refractivity contribution >= 4 is 17.2 Å². The Morgan fingerprint density at radius 2 is 1.97 bits per heavy atom. The van der Waals surface area contributed by atoms with Gasteiger partial charge >= 0.3 is 0 Å². The van der Waals surface area contributed by atoms with Crippen LogP contribution in [0.3, 0.4) is 0 Å². The lowest BCUT2D eigenvalue weighted by molar-refractivity contribution is 0.0135. The van der Waals surface area contributed by atoms with Gasteiger partial charge in [0.25, 0.3) is 5.91 Å². The van der Waals surface area contributed by atoms with Gasteiger partial charge in [-0.05, 0) is 63.7 Å². The summed E-state index contributed by atoms with van der Waals surface area (Å²) in [7, 11) is 1.56. The van der Waals surface area contributed by atoms with Crippen LogP contribution in [0.2, 0.25) is 0 Å². The number of methoxy groups -OCH3 is 1. The summed E-state index contributed by atoms with van der Waals surface area (Å²) in [5, 5.41) is 7.55. The molecule has 35 heavy (non-hydrogen) atoms. The van der Waals surface area contributed by atoms with E-state index in [-0.39, 0.29) is 23.9 Å². The molecule has 0 atom stereocenters. The zero-order chi connectivity index (χ0) is 24.2. The van der Waals surface area contributed by atoms with E-state index >= 15 is 0 Å². The largest absolute Gasteiger partial charge is 0.481 e. The number of ether oxygens (including phenoxy) is 2. The maximum atomic E-state index is 13.3. The lowest BCUT2D eigenvalue weighted by Gasteiger charge is -2.29. The quantitative estimate of drug-likeness (QED) is 0.506. The Hall–Kier alpha value is -3.24. The van der Waals surface area contributed by atoms with Gasteiger partial charge in [-0.15, -0.1) is 0 Å². The lowest BCUT2D eigenvalue weighted by atomic mass is 9.92. The fourth-order valence-corrected chi connectivity index (χ4v) is 5.12. The van der Waals surface area contributed by atoms with Crippen molar-refractivity contribution < 1.29 is 14.3 Å². The Balaban J connectivity index is 1.25. The van der Waals surface area contributed by atoms with Crippen molar-refractivity contribution in [3.8, 4) is 17.1 Å². The highest BCUT2D eigenvalue weighted by Crippen LogP contribution is 2.30. The van der Waals surface area contributed by atoms with Crippen LogP contribution in [0.4, 0.5) is 5.82 Å². The molecule has 10 nitrogen and oxygen atoms in total. The number of hydrogen-bond donors (Lipinski definition) is 2. The molecule has 186 valence electrons.